The van der Waals surface area contributed by atoms with Crippen molar-refractivity contribution in [3.8, 4) is 5.75 Å². The number of halogens is 2. The molecule has 2 aromatic carbocycles. The number of hydrogen-bond donors (Lipinski definition) is 1. The van der Waals surface area contributed by atoms with Gasteiger partial charge in [0.2, 0.25) is 12.4 Å². The molecule has 0 aliphatic heterocycles. The Bertz CT molecular complexity index is 1180. The van der Waals surface area contributed by atoms with Crippen molar-refractivity contribution >= 4 is 41.7 Å². The number of nitrogens with zero attached hydrogens (tertiary/aromatic N) is 3. The number of hydrogen-bond acceptors (Lipinski definition) is 6. The Labute approximate surface area is 226 Å². The lowest BCUT2D eigenvalue weighted by Gasteiger charge is -2.26. The van der Waals surface area contributed by atoms with E-state index in [4.69, 9.17) is 21.1 Å². The molecule has 0 unspecified atom stereocenters. The van der Waals surface area contributed by atoms with E-state index >= 15 is 0 Å². The summed E-state index contributed by atoms with van der Waals surface area (Å²) in [5.74, 6) is -1.04. The molecule has 0 heterocycles. The van der Waals surface area contributed by atoms with Crippen LogP contribution in [0.4, 0.5) is 14.9 Å². The summed E-state index contributed by atoms with van der Waals surface area (Å²) in [5.41, 5.74) is 0.148. The van der Waals surface area contributed by atoms with Crippen LogP contribution in [0.2, 0.25) is 5.02 Å². The second-order valence-electron chi connectivity index (χ2n) is 9.36. The number of benzene rings is 2. The largest absolute Gasteiger partial charge is 0.488 e. The SMILES string of the molecule is CCOC(=O)C1(CN(C)C(=O)NC(=Nc2ccc(OC(C)C)c(F)c2)N(C=O)Cc2ccc(Cl)cc2)CC1. The van der Waals surface area contributed by atoms with Gasteiger partial charge in [0, 0.05) is 24.7 Å². The van der Waals surface area contributed by atoms with Crippen LogP contribution in [0.3, 0.4) is 0 Å². The Morgan fingerprint density at radius 3 is 2.45 bits per heavy atom. The molecule has 0 saturated heterocycles. The number of aliphatic imine (C=N–C) groups is 1. The zero-order valence-electron chi connectivity index (χ0n) is 21.9. The highest BCUT2D eigenvalue weighted by Crippen LogP contribution is 2.47. The van der Waals surface area contributed by atoms with E-state index in [2.05, 4.69) is 10.3 Å². The highest BCUT2D eigenvalue weighted by Gasteiger charge is 2.52. The van der Waals surface area contributed by atoms with E-state index in [1.54, 1.807) is 45.0 Å². The van der Waals surface area contributed by atoms with Gasteiger partial charge in [0.05, 0.1) is 30.4 Å². The number of rotatable bonds is 10. The Morgan fingerprint density at radius 2 is 1.89 bits per heavy atom. The van der Waals surface area contributed by atoms with Gasteiger partial charge in [-0.2, -0.15) is 0 Å². The Balaban J connectivity index is 1.86. The highest BCUT2D eigenvalue weighted by molar-refractivity contribution is 6.30. The number of urea groups is 1. The molecular weight excluding hydrogens is 515 g/mol. The molecule has 3 rings (SSSR count). The fraction of sp³-hybridized carbons (Fsp3) is 0.407. The molecule has 1 aliphatic carbocycles. The summed E-state index contributed by atoms with van der Waals surface area (Å²) in [6.45, 7) is 5.74. The van der Waals surface area contributed by atoms with Crippen LogP contribution >= 0.6 is 11.6 Å². The standard InChI is InChI=1S/C27H32ClFN4O5/c1-5-37-24(35)27(12-13-27)16-32(4)26(36)31-25(33(17-34)15-19-6-8-20(28)9-7-19)30-21-10-11-23(22(29)14-21)38-18(2)3/h6-11,14,17-18H,5,12-13,15-16H2,1-4H3,(H,30,31,36). The molecule has 3 amide bonds. The summed E-state index contributed by atoms with van der Waals surface area (Å²) in [4.78, 5) is 44.4. The van der Waals surface area contributed by atoms with Gasteiger partial charge in [0.25, 0.3) is 0 Å². The van der Waals surface area contributed by atoms with Gasteiger partial charge < -0.3 is 14.4 Å². The topological polar surface area (TPSA) is 101 Å². The Hall–Kier alpha value is -3.66. The van der Waals surface area contributed by atoms with Crippen LogP contribution in [0.5, 0.6) is 5.75 Å². The molecule has 0 atom stereocenters. The van der Waals surface area contributed by atoms with Crippen LogP contribution in [0.15, 0.2) is 47.5 Å². The summed E-state index contributed by atoms with van der Waals surface area (Å²) in [6.07, 6.45) is 1.52. The second-order valence-corrected chi connectivity index (χ2v) is 9.80. The maximum atomic E-state index is 14.6. The predicted octanol–water partition coefficient (Wildman–Crippen LogP) is 4.90. The number of nitrogens with one attached hydrogen (secondary N) is 1. The summed E-state index contributed by atoms with van der Waals surface area (Å²) in [5, 5.41) is 3.17. The first kappa shape index (κ1) is 28.9. The molecule has 1 fully saturated rings. The van der Waals surface area contributed by atoms with Crippen molar-refractivity contribution in [2.45, 2.75) is 46.3 Å². The minimum Gasteiger partial charge on any atom is -0.488 e. The fourth-order valence-electron chi connectivity index (χ4n) is 3.72. The summed E-state index contributed by atoms with van der Waals surface area (Å²) in [7, 11) is 1.54. The Kier molecular flexibility index (Phi) is 9.68. The third-order valence-electron chi connectivity index (χ3n) is 5.85. The number of esters is 1. The van der Waals surface area contributed by atoms with E-state index in [1.807, 2.05) is 0 Å². The minimum absolute atomic E-state index is 0.0615. The molecule has 1 saturated carbocycles. The third-order valence-corrected chi connectivity index (χ3v) is 6.10. The van der Waals surface area contributed by atoms with Crippen molar-refractivity contribution < 1.29 is 28.2 Å². The molecule has 1 N–H and O–H groups in total. The summed E-state index contributed by atoms with van der Waals surface area (Å²) < 4.78 is 25.2. The maximum Gasteiger partial charge on any atom is 0.323 e. The second kappa shape index (κ2) is 12.7. The molecule has 204 valence electrons. The van der Waals surface area contributed by atoms with Gasteiger partial charge >= 0.3 is 12.0 Å². The number of guanidine groups is 1. The lowest BCUT2D eigenvalue weighted by molar-refractivity contribution is -0.150. The highest BCUT2D eigenvalue weighted by atomic mass is 35.5. The molecule has 11 heteroatoms. The Morgan fingerprint density at radius 1 is 1.21 bits per heavy atom. The quantitative estimate of drug-likeness (QED) is 0.198. The zero-order valence-corrected chi connectivity index (χ0v) is 22.6. The van der Waals surface area contributed by atoms with Crippen LogP contribution in [-0.2, 0) is 20.9 Å². The lowest BCUT2D eigenvalue weighted by atomic mass is 10.1. The van der Waals surface area contributed by atoms with Crippen molar-refractivity contribution in [2.75, 3.05) is 20.2 Å². The molecule has 2 aromatic rings. The van der Waals surface area contributed by atoms with Crippen molar-refractivity contribution in [3.63, 3.8) is 0 Å². The van der Waals surface area contributed by atoms with Crippen LogP contribution < -0.4 is 10.1 Å². The first-order valence-corrected chi connectivity index (χ1v) is 12.7. The van der Waals surface area contributed by atoms with Gasteiger partial charge in [-0.25, -0.2) is 14.2 Å². The van der Waals surface area contributed by atoms with Gasteiger partial charge in [-0.1, -0.05) is 23.7 Å². The van der Waals surface area contributed by atoms with E-state index in [-0.39, 0.29) is 49.2 Å². The molecular formula is C27H32ClFN4O5. The smallest absolute Gasteiger partial charge is 0.323 e. The van der Waals surface area contributed by atoms with Crippen LogP contribution in [0.25, 0.3) is 0 Å². The zero-order chi connectivity index (χ0) is 27.9. The van der Waals surface area contributed by atoms with Gasteiger partial charge in [-0.05, 0) is 63.4 Å². The first-order chi connectivity index (χ1) is 18.1. The maximum absolute atomic E-state index is 14.6. The lowest BCUT2D eigenvalue weighted by Crippen LogP contribution is -2.49. The fourth-order valence-corrected chi connectivity index (χ4v) is 3.85. The van der Waals surface area contributed by atoms with Crippen LogP contribution in [0, 0.1) is 11.2 Å². The normalized spacial score (nSPS) is 14.0. The van der Waals surface area contributed by atoms with E-state index < -0.39 is 17.3 Å². The van der Waals surface area contributed by atoms with Crippen molar-refractivity contribution in [1.29, 1.82) is 0 Å². The van der Waals surface area contributed by atoms with E-state index in [0.29, 0.717) is 24.3 Å². The van der Waals surface area contributed by atoms with E-state index in [9.17, 15) is 18.8 Å². The van der Waals surface area contributed by atoms with Crippen molar-refractivity contribution in [3.05, 3.63) is 58.9 Å². The molecule has 0 spiro atoms. The molecule has 0 radical (unpaired) electrons. The number of carbonyl (C=O) groups excluding carboxylic acids is 3. The minimum atomic E-state index is -0.734. The van der Waals surface area contributed by atoms with Gasteiger partial charge in [-0.3, -0.25) is 19.8 Å². The van der Waals surface area contributed by atoms with E-state index in [1.165, 1.54) is 29.0 Å². The van der Waals surface area contributed by atoms with Gasteiger partial charge in [0.1, 0.15) is 0 Å². The number of amides is 3. The predicted molar refractivity (Wildman–Crippen MR) is 142 cm³/mol. The summed E-state index contributed by atoms with van der Waals surface area (Å²) in [6, 6.07) is 10.3. The average Bonchev–Trinajstić information content (AvgIpc) is 3.65. The molecule has 0 bridgehead atoms. The van der Waals surface area contributed by atoms with Gasteiger partial charge in [0.15, 0.2) is 11.6 Å². The number of ether oxygens (including phenoxy) is 2. The van der Waals surface area contributed by atoms with Crippen LogP contribution in [-0.4, -0.2) is 60.5 Å². The molecule has 38 heavy (non-hydrogen) atoms. The monoisotopic (exact) mass is 546 g/mol. The molecule has 0 aromatic heterocycles. The van der Waals surface area contributed by atoms with Gasteiger partial charge in [-0.15, -0.1) is 0 Å². The first-order valence-electron chi connectivity index (χ1n) is 12.3. The molecule has 1 aliphatic rings. The molecule has 9 nitrogen and oxygen atoms in total. The van der Waals surface area contributed by atoms with Crippen LogP contribution in [0.1, 0.15) is 39.2 Å². The van der Waals surface area contributed by atoms with E-state index in [0.717, 1.165) is 11.6 Å². The summed E-state index contributed by atoms with van der Waals surface area (Å²) >= 11 is 5.97. The number of carbonyl (C=O) groups is 3. The third kappa shape index (κ3) is 7.67. The average molecular weight is 547 g/mol. The van der Waals surface area contributed by atoms with Crippen molar-refractivity contribution in [1.82, 2.24) is 15.1 Å². The van der Waals surface area contributed by atoms with Crippen molar-refractivity contribution in [2.24, 2.45) is 10.4 Å².